The van der Waals surface area contributed by atoms with Crippen molar-refractivity contribution in [1.82, 2.24) is 24.6 Å². The first-order valence-corrected chi connectivity index (χ1v) is 9.62. The van der Waals surface area contributed by atoms with Crippen LogP contribution in [0.4, 0.5) is 4.39 Å². The first-order valence-electron chi connectivity index (χ1n) is 8.83. The number of rotatable bonds is 4. The topological polar surface area (TPSA) is 73.1 Å². The van der Waals surface area contributed by atoms with Crippen LogP contribution in [0.2, 0.25) is 0 Å². The van der Waals surface area contributed by atoms with E-state index in [2.05, 4.69) is 31.0 Å². The van der Waals surface area contributed by atoms with Crippen LogP contribution in [0.5, 0.6) is 11.6 Å². The molecule has 1 amide bonds. The highest BCUT2D eigenvalue weighted by Crippen LogP contribution is 2.32. The van der Waals surface area contributed by atoms with Crippen LogP contribution < -0.4 is 4.74 Å². The third-order valence-electron chi connectivity index (χ3n) is 4.66. The molecule has 0 spiro atoms. The van der Waals surface area contributed by atoms with Crippen molar-refractivity contribution in [2.45, 2.75) is 18.9 Å². The van der Waals surface area contributed by atoms with Gasteiger partial charge < -0.3 is 9.64 Å². The molecular formula is C19H17BrFN5O2. The van der Waals surface area contributed by atoms with Crippen LogP contribution in [0.25, 0.3) is 0 Å². The summed E-state index contributed by atoms with van der Waals surface area (Å²) in [5.41, 5.74) is 0.373. The number of nitrogens with zero attached hydrogens (tertiary/aromatic N) is 5. The van der Waals surface area contributed by atoms with Gasteiger partial charge in [-0.05, 0) is 59.1 Å². The molecule has 2 aromatic heterocycles. The molecule has 1 saturated heterocycles. The van der Waals surface area contributed by atoms with Gasteiger partial charge in [0, 0.05) is 19.3 Å². The average molecular weight is 446 g/mol. The molecule has 1 aromatic carbocycles. The van der Waals surface area contributed by atoms with Crippen LogP contribution >= 0.6 is 15.9 Å². The normalized spacial score (nSPS) is 14.9. The highest BCUT2D eigenvalue weighted by molar-refractivity contribution is 9.10. The molecule has 9 heteroatoms. The van der Waals surface area contributed by atoms with Crippen molar-refractivity contribution in [3.05, 3.63) is 65.0 Å². The van der Waals surface area contributed by atoms with Gasteiger partial charge in [-0.25, -0.2) is 19.0 Å². The predicted molar refractivity (Wildman–Crippen MR) is 103 cm³/mol. The Labute approximate surface area is 169 Å². The van der Waals surface area contributed by atoms with Gasteiger partial charge in [0.2, 0.25) is 5.88 Å². The van der Waals surface area contributed by atoms with E-state index < -0.39 is 0 Å². The molecule has 3 heterocycles. The largest absolute Gasteiger partial charge is 0.437 e. The molecule has 28 heavy (non-hydrogen) atoms. The summed E-state index contributed by atoms with van der Waals surface area (Å²) in [6.45, 7) is 1.22. The molecule has 1 aliphatic rings. The molecule has 3 aromatic rings. The first kappa shape index (κ1) is 18.5. The van der Waals surface area contributed by atoms with E-state index in [4.69, 9.17) is 4.74 Å². The Morgan fingerprint density at radius 1 is 1.25 bits per heavy atom. The standard InChI is InChI=1S/C19H17BrFN5O2/c20-16-10-13(21)3-4-17(16)28-18-15(2-1-7-23-18)19(27)25-8-5-14(6-9-25)26-12-22-11-24-26/h1-4,7,10-12,14H,5-6,8-9H2. The number of ether oxygens (including phenoxy) is 1. The maximum atomic E-state index is 13.3. The molecule has 0 atom stereocenters. The van der Waals surface area contributed by atoms with Crippen molar-refractivity contribution in [2.75, 3.05) is 13.1 Å². The molecule has 4 rings (SSSR count). The molecular weight excluding hydrogens is 429 g/mol. The van der Waals surface area contributed by atoms with Crippen molar-refractivity contribution >= 4 is 21.8 Å². The van der Waals surface area contributed by atoms with E-state index in [0.717, 1.165) is 12.8 Å². The van der Waals surface area contributed by atoms with Crippen LogP contribution in [0, 0.1) is 5.82 Å². The van der Waals surface area contributed by atoms with Crippen molar-refractivity contribution in [1.29, 1.82) is 0 Å². The highest BCUT2D eigenvalue weighted by atomic mass is 79.9. The van der Waals surface area contributed by atoms with E-state index in [1.165, 1.54) is 24.5 Å². The Morgan fingerprint density at radius 2 is 2.07 bits per heavy atom. The zero-order chi connectivity index (χ0) is 19.5. The molecule has 1 fully saturated rings. The second-order valence-corrected chi connectivity index (χ2v) is 7.29. The number of halogens is 2. The summed E-state index contributed by atoms with van der Waals surface area (Å²) in [7, 11) is 0. The van der Waals surface area contributed by atoms with E-state index in [9.17, 15) is 9.18 Å². The lowest BCUT2D eigenvalue weighted by atomic mass is 10.0. The van der Waals surface area contributed by atoms with Crippen molar-refractivity contribution in [3.63, 3.8) is 0 Å². The zero-order valence-corrected chi connectivity index (χ0v) is 16.4. The van der Waals surface area contributed by atoms with Gasteiger partial charge in [-0.1, -0.05) is 0 Å². The zero-order valence-electron chi connectivity index (χ0n) is 14.8. The summed E-state index contributed by atoms with van der Waals surface area (Å²) in [6.07, 6.45) is 6.38. The fraction of sp³-hybridized carbons (Fsp3) is 0.263. The number of likely N-dealkylation sites (tertiary alicyclic amines) is 1. The summed E-state index contributed by atoms with van der Waals surface area (Å²) in [6, 6.07) is 7.71. The maximum absolute atomic E-state index is 13.3. The number of aromatic nitrogens is 4. The van der Waals surface area contributed by atoms with Gasteiger partial charge in [0.1, 0.15) is 29.8 Å². The second-order valence-electron chi connectivity index (χ2n) is 6.43. The van der Waals surface area contributed by atoms with Crippen LogP contribution in [-0.4, -0.2) is 43.6 Å². The van der Waals surface area contributed by atoms with Crippen LogP contribution in [-0.2, 0) is 0 Å². The minimum Gasteiger partial charge on any atom is -0.437 e. The number of hydrogen-bond donors (Lipinski definition) is 0. The number of benzene rings is 1. The quantitative estimate of drug-likeness (QED) is 0.609. The van der Waals surface area contributed by atoms with E-state index in [1.807, 2.05) is 4.68 Å². The molecule has 0 unspecified atom stereocenters. The average Bonchev–Trinajstić information content (AvgIpc) is 3.25. The Hall–Kier alpha value is -2.81. The number of piperidine rings is 1. The monoisotopic (exact) mass is 445 g/mol. The summed E-state index contributed by atoms with van der Waals surface area (Å²) in [4.78, 5) is 23.0. The fourth-order valence-electron chi connectivity index (χ4n) is 3.21. The summed E-state index contributed by atoms with van der Waals surface area (Å²) in [5, 5.41) is 4.18. The predicted octanol–water partition coefficient (Wildman–Crippen LogP) is 3.84. The van der Waals surface area contributed by atoms with Crippen molar-refractivity contribution in [2.24, 2.45) is 0 Å². The number of pyridine rings is 1. The Morgan fingerprint density at radius 3 is 2.79 bits per heavy atom. The van der Waals surface area contributed by atoms with E-state index >= 15 is 0 Å². The second kappa shape index (κ2) is 8.05. The molecule has 0 saturated carbocycles. The number of amides is 1. The maximum Gasteiger partial charge on any atom is 0.259 e. The van der Waals surface area contributed by atoms with Gasteiger partial charge in [-0.3, -0.25) is 4.79 Å². The number of carbonyl (C=O) groups is 1. The highest BCUT2D eigenvalue weighted by Gasteiger charge is 2.27. The number of hydrogen-bond acceptors (Lipinski definition) is 5. The molecule has 7 nitrogen and oxygen atoms in total. The molecule has 144 valence electrons. The van der Waals surface area contributed by atoms with Gasteiger partial charge in [0.15, 0.2) is 0 Å². The Balaban J connectivity index is 1.49. The van der Waals surface area contributed by atoms with E-state index in [0.29, 0.717) is 28.9 Å². The third kappa shape index (κ3) is 3.89. The molecule has 0 bridgehead atoms. The lowest BCUT2D eigenvalue weighted by Gasteiger charge is -2.32. The Bertz CT molecular complexity index is 974. The van der Waals surface area contributed by atoms with E-state index in [-0.39, 0.29) is 23.6 Å². The van der Waals surface area contributed by atoms with Gasteiger partial charge >= 0.3 is 0 Å². The van der Waals surface area contributed by atoms with Crippen LogP contribution in [0.3, 0.4) is 0 Å². The van der Waals surface area contributed by atoms with E-state index in [1.54, 1.807) is 29.6 Å². The third-order valence-corrected chi connectivity index (χ3v) is 5.28. The van der Waals surface area contributed by atoms with Crippen LogP contribution in [0.1, 0.15) is 29.2 Å². The number of carbonyl (C=O) groups excluding carboxylic acids is 1. The van der Waals surface area contributed by atoms with Gasteiger partial charge in [0.05, 0.1) is 10.5 Å². The minimum absolute atomic E-state index is 0.140. The smallest absolute Gasteiger partial charge is 0.259 e. The van der Waals surface area contributed by atoms with Crippen LogP contribution in [0.15, 0.2) is 53.7 Å². The lowest BCUT2D eigenvalue weighted by molar-refractivity contribution is 0.0686. The van der Waals surface area contributed by atoms with Gasteiger partial charge in [-0.2, -0.15) is 5.10 Å². The fourth-order valence-corrected chi connectivity index (χ4v) is 3.64. The van der Waals surface area contributed by atoms with Crippen molar-refractivity contribution < 1.29 is 13.9 Å². The lowest BCUT2D eigenvalue weighted by Crippen LogP contribution is -2.39. The SMILES string of the molecule is O=C(c1cccnc1Oc1ccc(F)cc1Br)N1CCC(n2cncn2)CC1. The van der Waals surface area contributed by atoms with Gasteiger partial charge in [-0.15, -0.1) is 0 Å². The minimum atomic E-state index is -0.383. The Kier molecular flexibility index (Phi) is 5.34. The first-order chi connectivity index (χ1) is 13.6. The van der Waals surface area contributed by atoms with Gasteiger partial charge in [0.25, 0.3) is 5.91 Å². The summed E-state index contributed by atoms with van der Waals surface area (Å²) in [5.74, 6) is 0.0578. The molecule has 1 aliphatic heterocycles. The molecule has 0 radical (unpaired) electrons. The molecule has 0 aliphatic carbocycles. The summed E-state index contributed by atoms with van der Waals surface area (Å²) >= 11 is 3.27. The van der Waals surface area contributed by atoms with Crippen molar-refractivity contribution in [3.8, 4) is 11.6 Å². The summed E-state index contributed by atoms with van der Waals surface area (Å²) < 4.78 is 21.4. The molecule has 0 N–H and O–H groups in total.